The van der Waals surface area contributed by atoms with Gasteiger partial charge in [-0.1, -0.05) is 54.1 Å². The average Bonchev–Trinajstić information content (AvgIpc) is 3.44. The lowest BCUT2D eigenvalue weighted by Gasteiger charge is -2.22. The van der Waals surface area contributed by atoms with Crippen LogP contribution in [0.5, 0.6) is 0 Å². The van der Waals surface area contributed by atoms with E-state index in [2.05, 4.69) is 10.1 Å². The quantitative estimate of drug-likeness (QED) is 0.398. The second kappa shape index (κ2) is 7.43. The molecule has 5 nitrogen and oxygen atoms in total. The van der Waals surface area contributed by atoms with Crippen LogP contribution in [0.25, 0.3) is 10.9 Å². The van der Waals surface area contributed by atoms with Gasteiger partial charge in [0.2, 0.25) is 0 Å². The first-order valence-corrected chi connectivity index (χ1v) is 10.0. The third-order valence-electron chi connectivity index (χ3n) is 5.27. The third-order valence-corrected chi connectivity index (χ3v) is 5.57. The summed E-state index contributed by atoms with van der Waals surface area (Å²) in [6.07, 6.45) is 2.02. The van der Waals surface area contributed by atoms with Gasteiger partial charge in [-0.15, -0.1) is 0 Å². The highest BCUT2D eigenvalue weighted by atomic mass is 35.5. The Morgan fingerprint density at radius 3 is 2.70 bits per heavy atom. The lowest BCUT2D eigenvalue weighted by atomic mass is 9.98. The van der Waals surface area contributed by atoms with E-state index < -0.39 is 0 Å². The SMILES string of the molecule is Cc1ccc2cc(C3CC(c4ccccc4)=NN3C(=O)c3ccco3)c(Cl)nc2c1. The Morgan fingerprint density at radius 1 is 1.10 bits per heavy atom. The summed E-state index contributed by atoms with van der Waals surface area (Å²) in [6.45, 7) is 2.02. The zero-order valence-electron chi connectivity index (χ0n) is 16.2. The molecule has 0 N–H and O–H groups in total. The number of benzene rings is 2. The molecule has 0 saturated carbocycles. The molecule has 1 aliphatic rings. The molecule has 4 aromatic rings. The highest BCUT2D eigenvalue weighted by Gasteiger charge is 2.36. The number of hydrogen-bond donors (Lipinski definition) is 0. The second-order valence-corrected chi connectivity index (χ2v) is 7.68. The van der Waals surface area contributed by atoms with Crippen LogP contribution in [0, 0.1) is 6.92 Å². The summed E-state index contributed by atoms with van der Waals surface area (Å²) in [5, 5.41) is 7.47. The largest absolute Gasteiger partial charge is 0.459 e. The van der Waals surface area contributed by atoms with E-state index in [0.717, 1.165) is 33.3 Å². The van der Waals surface area contributed by atoms with Crippen molar-refractivity contribution in [3.8, 4) is 0 Å². The maximum absolute atomic E-state index is 13.1. The van der Waals surface area contributed by atoms with Crippen LogP contribution in [0.3, 0.4) is 0 Å². The van der Waals surface area contributed by atoms with Crippen LogP contribution in [-0.2, 0) is 0 Å². The Hall–Kier alpha value is -3.44. The average molecular weight is 416 g/mol. The van der Waals surface area contributed by atoms with Crippen LogP contribution in [0.15, 0.2) is 82.5 Å². The number of pyridine rings is 1. The monoisotopic (exact) mass is 415 g/mol. The molecule has 30 heavy (non-hydrogen) atoms. The normalized spacial score (nSPS) is 16.1. The minimum Gasteiger partial charge on any atom is -0.459 e. The van der Waals surface area contributed by atoms with Gasteiger partial charge >= 0.3 is 5.91 Å². The number of nitrogens with zero attached hydrogens (tertiary/aromatic N) is 3. The predicted molar refractivity (Wildman–Crippen MR) is 117 cm³/mol. The Balaban J connectivity index is 1.60. The van der Waals surface area contributed by atoms with E-state index in [9.17, 15) is 4.79 Å². The number of furan rings is 1. The molecule has 0 aliphatic carbocycles. The summed E-state index contributed by atoms with van der Waals surface area (Å²) in [6, 6.07) is 20.8. The van der Waals surface area contributed by atoms with Crippen molar-refractivity contribution in [3.63, 3.8) is 0 Å². The molecule has 2 aromatic heterocycles. The minimum absolute atomic E-state index is 0.235. The van der Waals surface area contributed by atoms with Gasteiger partial charge in [-0.25, -0.2) is 9.99 Å². The van der Waals surface area contributed by atoms with Crippen molar-refractivity contribution in [2.45, 2.75) is 19.4 Å². The summed E-state index contributed by atoms with van der Waals surface area (Å²) >= 11 is 6.60. The van der Waals surface area contributed by atoms with Crippen molar-refractivity contribution in [3.05, 3.63) is 101 Å². The summed E-state index contributed by atoms with van der Waals surface area (Å²) < 4.78 is 5.34. The molecule has 0 spiro atoms. The topological polar surface area (TPSA) is 58.7 Å². The highest BCUT2D eigenvalue weighted by molar-refractivity contribution is 6.30. The van der Waals surface area contributed by atoms with E-state index in [1.807, 2.05) is 61.5 Å². The zero-order chi connectivity index (χ0) is 20.7. The first-order chi connectivity index (χ1) is 14.6. The van der Waals surface area contributed by atoms with E-state index in [0.29, 0.717) is 11.6 Å². The van der Waals surface area contributed by atoms with Gasteiger partial charge in [0.1, 0.15) is 5.15 Å². The van der Waals surface area contributed by atoms with Crippen molar-refractivity contribution < 1.29 is 9.21 Å². The summed E-state index contributed by atoms with van der Waals surface area (Å²) in [4.78, 5) is 17.7. The minimum atomic E-state index is -0.372. The molecule has 6 heteroatoms. The maximum Gasteiger partial charge on any atom is 0.310 e. The number of aryl methyl sites for hydroxylation is 1. The smallest absolute Gasteiger partial charge is 0.310 e. The van der Waals surface area contributed by atoms with Gasteiger partial charge in [0.05, 0.1) is 23.5 Å². The first kappa shape index (κ1) is 18.6. The number of fused-ring (bicyclic) bond motifs is 1. The molecule has 3 heterocycles. The fourth-order valence-corrected chi connectivity index (χ4v) is 4.03. The Labute approximate surface area is 178 Å². The fraction of sp³-hybridized carbons (Fsp3) is 0.125. The molecule has 0 saturated heterocycles. The van der Waals surface area contributed by atoms with Crippen molar-refractivity contribution in [2.75, 3.05) is 0 Å². The lowest BCUT2D eigenvalue weighted by Crippen LogP contribution is -2.27. The van der Waals surface area contributed by atoms with Crippen molar-refractivity contribution in [2.24, 2.45) is 5.10 Å². The number of amides is 1. The number of rotatable bonds is 3. The molecule has 0 radical (unpaired) electrons. The van der Waals surface area contributed by atoms with Gasteiger partial charge in [-0.05, 0) is 42.3 Å². The van der Waals surface area contributed by atoms with Crippen LogP contribution in [0.1, 0.15) is 39.7 Å². The lowest BCUT2D eigenvalue weighted by molar-refractivity contribution is 0.0678. The predicted octanol–water partition coefficient (Wildman–Crippen LogP) is 5.78. The molecular weight excluding hydrogens is 398 g/mol. The van der Waals surface area contributed by atoms with Crippen LogP contribution >= 0.6 is 11.6 Å². The van der Waals surface area contributed by atoms with E-state index in [1.54, 1.807) is 12.1 Å². The van der Waals surface area contributed by atoms with Crippen molar-refractivity contribution in [1.29, 1.82) is 0 Å². The number of hydrazone groups is 1. The molecule has 148 valence electrons. The number of aromatic nitrogens is 1. The molecule has 0 fully saturated rings. The molecule has 2 aromatic carbocycles. The molecule has 5 rings (SSSR count). The number of carbonyl (C=O) groups is 1. The van der Waals surface area contributed by atoms with Crippen LogP contribution in [0.4, 0.5) is 0 Å². The van der Waals surface area contributed by atoms with E-state index in [1.165, 1.54) is 11.3 Å². The number of carbonyl (C=O) groups excluding carboxylic acids is 1. The van der Waals surface area contributed by atoms with Gasteiger partial charge in [-0.2, -0.15) is 5.10 Å². The maximum atomic E-state index is 13.1. The van der Waals surface area contributed by atoms with Crippen LogP contribution in [0.2, 0.25) is 5.15 Å². The summed E-state index contributed by atoms with van der Waals surface area (Å²) in [5.74, 6) is -0.0745. The first-order valence-electron chi connectivity index (χ1n) is 9.67. The molecule has 1 amide bonds. The third kappa shape index (κ3) is 3.27. The number of hydrogen-bond acceptors (Lipinski definition) is 4. The Bertz CT molecular complexity index is 1270. The van der Waals surface area contributed by atoms with Crippen molar-refractivity contribution >= 4 is 34.1 Å². The van der Waals surface area contributed by atoms with Gasteiger partial charge in [0, 0.05) is 17.4 Å². The molecule has 1 aliphatic heterocycles. The summed E-state index contributed by atoms with van der Waals surface area (Å²) in [7, 11) is 0. The number of halogens is 1. The Morgan fingerprint density at radius 2 is 1.93 bits per heavy atom. The molecule has 1 unspecified atom stereocenters. The fourth-order valence-electron chi connectivity index (χ4n) is 3.76. The van der Waals surface area contributed by atoms with Crippen LogP contribution < -0.4 is 0 Å². The Kier molecular flexibility index (Phi) is 4.60. The molecular formula is C24H18ClN3O2. The van der Waals surface area contributed by atoms with Gasteiger partial charge in [-0.3, -0.25) is 4.79 Å². The molecule has 0 bridgehead atoms. The molecule has 1 atom stereocenters. The second-order valence-electron chi connectivity index (χ2n) is 7.32. The van der Waals surface area contributed by atoms with Crippen LogP contribution in [-0.4, -0.2) is 21.6 Å². The van der Waals surface area contributed by atoms with Gasteiger partial charge in [0.15, 0.2) is 5.76 Å². The van der Waals surface area contributed by atoms with E-state index in [-0.39, 0.29) is 17.7 Å². The van der Waals surface area contributed by atoms with E-state index in [4.69, 9.17) is 16.0 Å². The van der Waals surface area contributed by atoms with Gasteiger partial charge in [0.25, 0.3) is 0 Å². The van der Waals surface area contributed by atoms with Crippen molar-refractivity contribution in [1.82, 2.24) is 9.99 Å². The highest BCUT2D eigenvalue weighted by Crippen LogP contribution is 2.38. The summed E-state index contributed by atoms with van der Waals surface area (Å²) in [5.41, 5.74) is 4.50. The van der Waals surface area contributed by atoms with Gasteiger partial charge < -0.3 is 4.42 Å². The standard InChI is InChI=1S/C24H18ClN3O2/c1-15-9-10-17-13-18(23(25)26-19(17)12-15)21-14-20(16-6-3-2-4-7-16)27-28(21)24(29)22-8-5-11-30-22/h2-13,21H,14H2,1H3. The zero-order valence-corrected chi connectivity index (χ0v) is 17.0. The van der Waals surface area contributed by atoms with E-state index >= 15 is 0 Å².